The third-order valence-electron chi connectivity index (χ3n) is 3.49. The molecule has 0 aliphatic carbocycles. The Morgan fingerprint density at radius 1 is 1.46 bits per heavy atom. The number of hydrogen-bond donors (Lipinski definition) is 0. The van der Waals surface area contributed by atoms with Crippen molar-refractivity contribution in [2.24, 2.45) is 0 Å². The maximum Gasteiger partial charge on any atom is 0.348 e. The van der Waals surface area contributed by atoms with Gasteiger partial charge in [0.15, 0.2) is 0 Å². The topological polar surface area (TPSA) is 67.9 Å². The van der Waals surface area contributed by atoms with Gasteiger partial charge in [0.2, 0.25) is 0 Å². The first kappa shape index (κ1) is 16.5. The lowest BCUT2D eigenvalue weighted by atomic mass is 10.3. The predicted octanol–water partition coefficient (Wildman–Crippen LogP) is 4.51. The molecule has 7 heteroatoms. The van der Waals surface area contributed by atoms with Crippen molar-refractivity contribution in [1.29, 1.82) is 5.26 Å². The molecule has 3 rings (SSSR count). The molecule has 2 aromatic heterocycles. The highest BCUT2D eigenvalue weighted by Crippen LogP contribution is 2.32. The van der Waals surface area contributed by atoms with Crippen molar-refractivity contribution >= 4 is 39.1 Å². The van der Waals surface area contributed by atoms with E-state index in [-0.39, 0.29) is 12.6 Å². The lowest BCUT2D eigenvalue weighted by Crippen LogP contribution is -2.04. The van der Waals surface area contributed by atoms with Gasteiger partial charge in [0.1, 0.15) is 9.71 Å². The third-order valence-corrected chi connectivity index (χ3v) is 4.90. The van der Waals surface area contributed by atoms with E-state index in [2.05, 4.69) is 5.10 Å². The fraction of sp³-hybridized carbons (Fsp3) is 0.235. The van der Waals surface area contributed by atoms with E-state index < -0.39 is 0 Å². The van der Waals surface area contributed by atoms with E-state index in [9.17, 15) is 4.79 Å². The van der Waals surface area contributed by atoms with E-state index in [1.807, 2.05) is 31.2 Å². The Bertz CT molecular complexity index is 939. The summed E-state index contributed by atoms with van der Waals surface area (Å²) in [6, 6.07) is 11.3. The van der Waals surface area contributed by atoms with Gasteiger partial charge in [-0.15, -0.1) is 11.3 Å². The highest BCUT2D eigenvalue weighted by Gasteiger charge is 2.18. The summed E-state index contributed by atoms with van der Waals surface area (Å²) in [6.45, 7) is 2.14. The molecule has 2 heterocycles. The zero-order valence-corrected chi connectivity index (χ0v) is 14.5. The molecule has 0 spiro atoms. The number of esters is 1. The summed E-state index contributed by atoms with van der Waals surface area (Å²) in [6.07, 6.45) is 0.917. The number of hydrogen-bond acceptors (Lipinski definition) is 5. The number of carbonyl (C=O) groups excluding carboxylic acids is 1. The molecule has 0 aliphatic rings. The Kier molecular flexibility index (Phi) is 4.84. The largest absolute Gasteiger partial charge is 0.461 e. The molecule has 0 radical (unpaired) electrons. The first-order chi connectivity index (χ1) is 11.6. The third kappa shape index (κ3) is 3.14. The first-order valence-electron chi connectivity index (χ1n) is 7.40. The Balaban J connectivity index is 1.92. The zero-order chi connectivity index (χ0) is 17.1. The molecular formula is C17H14ClN3O2S. The van der Waals surface area contributed by atoms with Crippen molar-refractivity contribution in [3.63, 3.8) is 0 Å². The summed E-state index contributed by atoms with van der Waals surface area (Å²) in [5, 5.41) is 14.5. The second kappa shape index (κ2) is 7.04. The van der Waals surface area contributed by atoms with E-state index >= 15 is 0 Å². The molecule has 0 fully saturated rings. The highest BCUT2D eigenvalue weighted by molar-refractivity contribution is 7.20. The average molecular weight is 360 g/mol. The minimum Gasteiger partial charge on any atom is -0.461 e. The van der Waals surface area contributed by atoms with Crippen molar-refractivity contribution in [3.05, 3.63) is 45.9 Å². The maximum absolute atomic E-state index is 12.2. The Labute approximate surface area is 148 Å². The van der Waals surface area contributed by atoms with E-state index in [1.165, 1.54) is 11.3 Å². The van der Waals surface area contributed by atoms with Crippen LogP contribution in [-0.4, -0.2) is 22.4 Å². The normalized spacial score (nSPS) is 10.7. The van der Waals surface area contributed by atoms with Crippen LogP contribution < -0.4 is 0 Å². The van der Waals surface area contributed by atoms with Gasteiger partial charge in [-0.2, -0.15) is 10.4 Å². The number of benzene rings is 1. The molecule has 1 aromatic carbocycles. The lowest BCUT2D eigenvalue weighted by Gasteiger charge is -2.04. The number of thiophene rings is 1. The number of halogens is 1. The van der Waals surface area contributed by atoms with E-state index in [0.717, 1.165) is 21.6 Å². The molecule has 0 unspecified atom stereocenters. The number of carbonyl (C=O) groups is 1. The smallest absolute Gasteiger partial charge is 0.348 e. The van der Waals surface area contributed by atoms with Crippen LogP contribution in [0.3, 0.4) is 0 Å². The van der Waals surface area contributed by atoms with Crippen molar-refractivity contribution in [2.45, 2.75) is 19.8 Å². The molecule has 122 valence electrons. The van der Waals surface area contributed by atoms with Crippen LogP contribution in [0.5, 0.6) is 0 Å². The SMILES string of the molecule is Cc1nn(-c2ccccc2Cl)c2sc(C(=O)OCCCC#N)cc12. The van der Waals surface area contributed by atoms with Crippen molar-refractivity contribution in [3.8, 4) is 11.8 Å². The fourth-order valence-electron chi connectivity index (χ4n) is 2.32. The van der Waals surface area contributed by atoms with Gasteiger partial charge in [0.25, 0.3) is 0 Å². The minimum atomic E-state index is -0.376. The van der Waals surface area contributed by atoms with Crippen molar-refractivity contribution in [1.82, 2.24) is 9.78 Å². The van der Waals surface area contributed by atoms with Gasteiger partial charge < -0.3 is 4.74 Å². The molecule has 0 amide bonds. The van der Waals surface area contributed by atoms with E-state index in [0.29, 0.717) is 22.7 Å². The molecule has 0 saturated heterocycles. The number of unbranched alkanes of at least 4 members (excludes halogenated alkanes) is 1. The van der Waals surface area contributed by atoms with Crippen LogP contribution in [0.15, 0.2) is 30.3 Å². The Morgan fingerprint density at radius 3 is 3.00 bits per heavy atom. The summed E-state index contributed by atoms with van der Waals surface area (Å²) in [4.78, 5) is 13.5. The highest BCUT2D eigenvalue weighted by atomic mass is 35.5. The maximum atomic E-state index is 12.2. The molecule has 3 aromatic rings. The van der Waals surface area contributed by atoms with Crippen LogP contribution in [0.25, 0.3) is 15.9 Å². The van der Waals surface area contributed by atoms with Crippen molar-refractivity contribution in [2.75, 3.05) is 6.61 Å². The number of para-hydroxylation sites is 1. The summed E-state index contributed by atoms with van der Waals surface area (Å²) < 4.78 is 6.96. The second-order valence-corrected chi connectivity index (χ2v) is 6.61. The quantitative estimate of drug-likeness (QED) is 0.496. The number of aryl methyl sites for hydroxylation is 1. The van der Waals surface area contributed by atoms with Gasteiger partial charge >= 0.3 is 5.97 Å². The molecule has 0 N–H and O–H groups in total. The monoisotopic (exact) mass is 359 g/mol. The van der Waals surface area contributed by atoms with Gasteiger partial charge in [0, 0.05) is 11.8 Å². The molecule has 0 aliphatic heterocycles. The van der Waals surface area contributed by atoms with Gasteiger partial charge in [-0.05, 0) is 31.5 Å². The van der Waals surface area contributed by atoms with Gasteiger partial charge in [-0.1, -0.05) is 23.7 Å². The Morgan fingerprint density at radius 2 is 2.25 bits per heavy atom. The average Bonchev–Trinajstić information content (AvgIpc) is 3.13. The van der Waals surface area contributed by atoms with Crippen LogP contribution in [0, 0.1) is 18.3 Å². The van der Waals surface area contributed by atoms with Gasteiger partial charge in [-0.3, -0.25) is 0 Å². The lowest BCUT2D eigenvalue weighted by molar-refractivity contribution is 0.0507. The van der Waals surface area contributed by atoms with E-state index in [1.54, 1.807) is 16.8 Å². The van der Waals surface area contributed by atoms with E-state index in [4.69, 9.17) is 21.6 Å². The first-order valence-corrected chi connectivity index (χ1v) is 8.59. The number of nitrogens with zero attached hydrogens (tertiary/aromatic N) is 3. The van der Waals surface area contributed by atoms with Crippen LogP contribution in [-0.2, 0) is 4.74 Å². The van der Waals surface area contributed by atoms with Crippen LogP contribution in [0.2, 0.25) is 5.02 Å². The number of ether oxygens (including phenoxy) is 1. The number of rotatable bonds is 5. The summed E-state index contributed by atoms with van der Waals surface area (Å²) in [5.41, 5.74) is 1.60. The molecular weight excluding hydrogens is 346 g/mol. The molecule has 5 nitrogen and oxygen atoms in total. The fourth-order valence-corrected chi connectivity index (χ4v) is 3.61. The zero-order valence-electron chi connectivity index (χ0n) is 13.0. The van der Waals surface area contributed by atoms with Crippen molar-refractivity contribution < 1.29 is 9.53 Å². The minimum absolute atomic E-state index is 0.246. The summed E-state index contributed by atoms with van der Waals surface area (Å²) in [7, 11) is 0. The van der Waals surface area contributed by atoms with Crippen LogP contribution in [0.1, 0.15) is 28.2 Å². The predicted molar refractivity (Wildman–Crippen MR) is 93.8 cm³/mol. The van der Waals surface area contributed by atoms with Crippen LogP contribution in [0.4, 0.5) is 0 Å². The summed E-state index contributed by atoms with van der Waals surface area (Å²) >= 11 is 7.58. The molecule has 0 atom stereocenters. The van der Waals surface area contributed by atoms with Gasteiger partial charge in [-0.25, -0.2) is 9.48 Å². The number of fused-ring (bicyclic) bond motifs is 1. The summed E-state index contributed by atoms with van der Waals surface area (Å²) in [5.74, 6) is -0.376. The standard InChI is InChI=1S/C17H14ClN3O2S/c1-11-12-10-15(17(22)23-9-5-4-8-19)24-16(12)21(20-11)14-7-3-2-6-13(14)18/h2-3,6-7,10H,4-5,9H2,1H3. The number of nitriles is 1. The molecule has 0 bridgehead atoms. The number of aromatic nitrogens is 2. The van der Waals surface area contributed by atoms with Gasteiger partial charge in [0.05, 0.1) is 29.1 Å². The van der Waals surface area contributed by atoms with Crippen LogP contribution >= 0.6 is 22.9 Å². The second-order valence-electron chi connectivity index (χ2n) is 5.18. The molecule has 0 saturated carbocycles. The Hall–Kier alpha value is -2.36. The molecule has 24 heavy (non-hydrogen) atoms.